The van der Waals surface area contributed by atoms with Crippen LogP contribution in [-0.2, 0) is 9.59 Å². The van der Waals surface area contributed by atoms with Gasteiger partial charge in [0.15, 0.2) is 0 Å². The Kier molecular flexibility index (Phi) is 8.19. The Morgan fingerprint density at radius 2 is 1.96 bits per heavy atom. The summed E-state index contributed by atoms with van der Waals surface area (Å²) in [6, 6.07) is 7.72. The summed E-state index contributed by atoms with van der Waals surface area (Å²) >= 11 is 1.59. The monoisotopic (exact) mass is 375 g/mol. The topological polar surface area (TPSA) is 52.7 Å². The summed E-state index contributed by atoms with van der Waals surface area (Å²) in [5.74, 6) is -0.0535. The van der Waals surface area contributed by atoms with E-state index in [4.69, 9.17) is 0 Å². The van der Waals surface area contributed by atoms with E-state index in [0.29, 0.717) is 6.54 Å². The second-order valence-corrected chi connectivity index (χ2v) is 7.35. The summed E-state index contributed by atoms with van der Waals surface area (Å²) < 4.78 is 0. The van der Waals surface area contributed by atoms with Crippen molar-refractivity contribution in [3.05, 3.63) is 36.0 Å². The van der Waals surface area contributed by atoms with Crippen LogP contribution in [0.15, 0.2) is 40.9 Å². The minimum atomic E-state index is -0.110. The summed E-state index contributed by atoms with van der Waals surface area (Å²) in [6.07, 6.45) is 8.52. The molecule has 0 saturated heterocycles. The van der Waals surface area contributed by atoms with Crippen LogP contribution in [0.4, 0.5) is 5.69 Å². The fourth-order valence-corrected chi connectivity index (χ4v) is 3.71. The Morgan fingerprint density at radius 3 is 2.62 bits per heavy atom. The molecule has 0 heterocycles. The van der Waals surface area contributed by atoms with Crippen molar-refractivity contribution in [1.82, 2.24) is 9.80 Å². The lowest BCUT2D eigenvalue weighted by Crippen LogP contribution is -2.41. The van der Waals surface area contributed by atoms with Gasteiger partial charge in [0.25, 0.3) is 0 Å². The van der Waals surface area contributed by atoms with Gasteiger partial charge in [-0.1, -0.05) is 18.2 Å². The van der Waals surface area contributed by atoms with E-state index in [1.165, 1.54) is 6.42 Å². The Bertz CT molecular complexity index is 660. The van der Waals surface area contributed by atoms with E-state index in [1.54, 1.807) is 23.7 Å². The highest BCUT2D eigenvalue weighted by Gasteiger charge is 2.20. The standard InChI is InChI=1S/C20H29N3O2S/c1-4-23(16-10-6-5-7-11-16)20(25)15-22(2)14-19(24)21-17-12-8-9-13-18(17)26-3/h8-10,12-13H,4-7,11,14-15H2,1-3H3,(H,21,24). The van der Waals surface area contributed by atoms with E-state index < -0.39 is 0 Å². The SMILES string of the molecule is CCN(C(=O)CN(C)CC(=O)Nc1ccccc1SC)C1=CCCCC1. The van der Waals surface area contributed by atoms with Crippen molar-refractivity contribution >= 4 is 29.3 Å². The third-order valence-corrected chi connectivity index (χ3v) is 5.23. The first-order chi connectivity index (χ1) is 12.5. The van der Waals surface area contributed by atoms with Crippen molar-refractivity contribution in [1.29, 1.82) is 0 Å². The molecule has 0 spiro atoms. The zero-order valence-electron chi connectivity index (χ0n) is 16.0. The molecule has 142 valence electrons. The lowest BCUT2D eigenvalue weighted by Gasteiger charge is -2.28. The average molecular weight is 376 g/mol. The van der Waals surface area contributed by atoms with E-state index in [9.17, 15) is 9.59 Å². The van der Waals surface area contributed by atoms with E-state index in [-0.39, 0.29) is 24.9 Å². The summed E-state index contributed by atoms with van der Waals surface area (Å²) in [5.41, 5.74) is 1.95. The number of allylic oxidation sites excluding steroid dienone is 2. The number of nitrogens with zero attached hydrogens (tertiary/aromatic N) is 2. The first-order valence-corrected chi connectivity index (χ1v) is 10.4. The third-order valence-electron chi connectivity index (χ3n) is 4.43. The molecule has 0 bridgehead atoms. The van der Waals surface area contributed by atoms with Crippen LogP contribution in [0, 0.1) is 0 Å². The van der Waals surface area contributed by atoms with Crippen LogP contribution in [0.2, 0.25) is 0 Å². The third kappa shape index (κ3) is 5.88. The van der Waals surface area contributed by atoms with E-state index in [1.807, 2.05) is 42.3 Å². The van der Waals surface area contributed by atoms with Gasteiger partial charge in [-0.25, -0.2) is 0 Å². The molecule has 0 aliphatic heterocycles. The number of carbonyl (C=O) groups is 2. The van der Waals surface area contributed by atoms with Gasteiger partial charge in [-0.3, -0.25) is 14.5 Å². The van der Waals surface area contributed by atoms with Crippen LogP contribution in [0.1, 0.15) is 32.6 Å². The zero-order valence-corrected chi connectivity index (χ0v) is 16.8. The summed E-state index contributed by atoms with van der Waals surface area (Å²) in [6.45, 7) is 3.10. The molecule has 26 heavy (non-hydrogen) atoms. The van der Waals surface area contributed by atoms with E-state index >= 15 is 0 Å². The number of hydrogen-bond acceptors (Lipinski definition) is 4. The van der Waals surface area contributed by atoms with Crippen LogP contribution in [-0.4, -0.2) is 54.6 Å². The van der Waals surface area contributed by atoms with Gasteiger partial charge in [0.05, 0.1) is 18.8 Å². The molecule has 2 rings (SSSR count). The Morgan fingerprint density at radius 1 is 1.19 bits per heavy atom. The number of anilines is 1. The maximum absolute atomic E-state index is 12.6. The predicted octanol–water partition coefficient (Wildman–Crippen LogP) is 3.59. The fraction of sp³-hybridized carbons (Fsp3) is 0.500. The molecule has 0 unspecified atom stereocenters. The minimum Gasteiger partial charge on any atom is -0.324 e. The normalized spacial score (nSPS) is 14.1. The Hall–Kier alpha value is -1.79. The van der Waals surface area contributed by atoms with Crippen molar-refractivity contribution in [2.75, 3.05) is 38.3 Å². The number of rotatable bonds is 8. The van der Waals surface area contributed by atoms with E-state index in [2.05, 4.69) is 11.4 Å². The fourth-order valence-electron chi connectivity index (χ4n) is 3.16. The molecule has 0 aromatic heterocycles. The predicted molar refractivity (Wildman–Crippen MR) is 108 cm³/mol. The molecule has 1 aliphatic rings. The van der Waals surface area contributed by atoms with Crippen LogP contribution in [0.25, 0.3) is 0 Å². The number of carbonyl (C=O) groups excluding carboxylic acids is 2. The smallest absolute Gasteiger partial charge is 0.240 e. The largest absolute Gasteiger partial charge is 0.324 e. The number of amides is 2. The van der Waals surface area contributed by atoms with Crippen molar-refractivity contribution in [3.8, 4) is 0 Å². The minimum absolute atomic E-state index is 0.0560. The molecule has 1 N–H and O–H groups in total. The molecule has 2 amide bonds. The molecule has 1 aromatic rings. The molecular weight excluding hydrogens is 346 g/mol. The number of likely N-dealkylation sites (N-methyl/N-ethyl adjacent to an activating group) is 2. The van der Waals surface area contributed by atoms with Gasteiger partial charge in [-0.05, 0) is 58.0 Å². The highest BCUT2D eigenvalue weighted by molar-refractivity contribution is 7.98. The number of hydrogen-bond donors (Lipinski definition) is 1. The van der Waals surface area contributed by atoms with Gasteiger partial charge in [0.2, 0.25) is 11.8 Å². The van der Waals surface area contributed by atoms with Crippen LogP contribution in [0.5, 0.6) is 0 Å². The van der Waals surface area contributed by atoms with Gasteiger partial charge < -0.3 is 10.2 Å². The molecule has 1 aliphatic carbocycles. The summed E-state index contributed by atoms with van der Waals surface area (Å²) in [4.78, 5) is 29.6. The summed E-state index contributed by atoms with van der Waals surface area (Å²) in [7, 11) is 1.81. The van der Waals surface area contributed by atoms with Crippen LogP contribution >= 0.6 is 11.8 Å². The lowest BCUT2D eigenvalue weighted by molar-refractivity contribution is -0.130. The number of para-hydroxylation sites is 1. The Labute approximate surface area is 160 Å². The second-order valence-electron chi connectivity index (χ2n) is 6.50. The summed E-state index contributed by atoms with van der Waals surface area (Å²) in [5, 5.41) is 2.93. The molecule has 0 fully saturated rings. The first-order valence-electron chi connectivity index (χ1n) is 9.16. The average Bonchev–Trinajstić information content (AvgIpc) is 2.63. The van der Waals surface area contributed by atoms with Crippen LogP contribution < -0.4 is 5.32 Å². The molecule has 6 heteroatoms. The lowest BCUT2D eigenvalue weighted by atomic mass is 10.0. The molecule has 1 aromatic carbocycles. The van der Waals surface area contributed by atoms with Gasteiger partial charge in [-0.2, -0.15) is 0 Å². The van der Waals surface area contributed by atoms with Gasteiger partial charge in [0, 0.05) is 17.1 Å². The van der Waals surface area contributed by atoms with Gasteiger partial charge in [-0.15, -0.1) is 11.8 Å². The molecule has 0 atom stereocenters. The number of thioether (sulfide) groups is 1. The molecule has 0 saturated carbocycles. The molecular formula is C20H29N3O2S. The zero-order chi connectivity index (χ0) is 18.9. The quantitative estimate of drug-likeness (QED) is 0.706. The maximum atomic E-state index is 12.6. The van der Waals surface area contributed by atoms with Crippen molar-refractivity contribution in [2.24, 2.45) is 0 Å². The van der Waals surface area contributed by atoms with Gasteiger partial charge in [0.1, 0.15) is 0 Å². The first kappa shape index (κ1) is 20.5. The maximum Gasteiger partial charge on any atom is 0.240 e. The highest BCUT2D eigenvalue weighted by Crippen LogP contribution is 2.24. The number of benzene rings is 1. The highest BCUT2D eigenvalue weighted by atomic mass is 32.2. The van der Waals surface area contributed by atoms with Crippen molar-refractivity contribution in [2.45, 2.75) is 37.5 Å². The molecule has 5 nitrogen and oxygen atoms in total. The van der Waals surface area contributed by atoms with E-state index in [0.717, 1.165) is 35.5 Å². The van der Waals surface area contributed by atoms with Crippen LogP contribution in [0.3, 0.4) is 0 Å². The molecule has 0 radical (unpaired) electrons. The van der Waals surface area contributed by atoms with Crippen molar-refractivity contribution in [3.63, 3.8) is 0 Å². The second kappa shape index (κ2) is 10.4. The number of nitrogens with one attached hydrogen (secondary N) is 1. The Balaban J connectivity index is 1.88. The van der Waals surface area contributed by atoms with Crippen molar-refractivity contribution < 1.29 is 9.59 Å². The van der Waals surface area contributed by atoms with Gasteiger partial charge >= 0.3 is 0 Å².